The number of benzene rings is 1. The predicted molar refractivity (Wildman–Crippen MR) is 74.2 cm³/mol. The second kappa shape index (κ2) is 5.65. The zero-order valence-electron chi connectivity index (χ0n) is 11.1. The van der Waals surface area contributed by atoms with Gasteiger partial charge in [0.2, 0.25) is 0 Å². The van der Waals surface area contributed by atoms with Crippen LogP contribution in [-0.4, -0.2) is 16.1 Å². The fourth-order valence-electron chi connectivity index (χ4n) is 1.96. The molecule has 3 nitrogen and oxygen atoms in total. The Kier molecular flexibility index (Phi) is 3.95. The van der Waals surface area contributed by atoms with Gasteiger partial charge in [-0.25, -0.2) is 0 Å². The van der Waals surface area contributed by atoms with E-state index in [0.717, 1.165) is 11.1 Å². The van der Waals surface area contributed by atoms with Crippen LogP contribution in [0.3, 0.4) is 0 Å². The number of pyridine rings is 1. The minimum Gasteiger partial charge on any atom is -0.481 e. The summed E-state index contributed by atoms with van der Waals surface area (Å²) >= 11 is 0. The van der Waals surface area contributed by atoms with Gasteiger partial charge in [0.15, 0.2) is 0 Å². The van der Waals surface area contributed by atoms with Crippen LogP contribution in [0.1, 0.15) is 28.3 Å². The van der Waals surface area contributed by atoms with Crippen LogP contribution >= 0.6 is 0 Å². The summed E-state index contributed by atoms with van der Waals surface area (Å²) < 4.78 is 0. The molecule has 0 radical (unpaired) electrons. The SMILES string of the molecule is Cc1ccc(CC(C(=O)O)c2ccc(C)cn2)cc1. The van der Waals surface area contributed by atoms with E-state index in [-0.39, 0.29) is 0 Å². The van der Waals surface area contributed by atoms with Crippen molar-refractivity contribution in [1.82, 2.24) is 4.98 Å². The molecule has 0 spiro atoms. The van der Waals surface area contributed by atoms with Gasteiger partial charge in [0, 0.05) is 6.20 Å². The van der Waals surface area contributed by atoms with Gasteiger partial charge in [-0.2, -0.15) is 0 Å². The summed E-state index contributed by atoms with van der Waals surface area (Å²) in [4.78, 5) is 15.6. The fourth-order valence-corrected chi connectivity index (χ4v) is 1.96. The summed E-state index contributed by atoms with van der Waals surface area (Å²) in [5.74, 6) is -1.43. The van der Waals surface area contributed by atoms with Crippen molar-refractivity contribution in [3.05, 3.63) is 65.0 Å². The van der Waals surface area contributed by atoms with Crippen LogP contribution in [0.15, 0.2) is 42.6 Å². The number of aryl methyl sites for hydroxylation is 2. The average Bonchev–Trinajstić information content (AvgIpc) is 2.39. The summed E-state index contributed by atoms with van der Waals surface area (Å²) in [7, 11) is 0. The summed E-state index contributed by atoms with van der Waals surface area (Å²) in [5, 5.41) is 9.37. The van der Waals surface area contributed by atoms with Gasteiger partial charge in [-0.1, -0.05) is 35.9 Å². The predicted octanol–water partition coefficient (Wildman–Crippen LogP) is 3.11. The number of aliphatic carboxylic acids is 1. The molecule has 2 aromatic rings. The first-order valence-electron chi connectivity index (χ1n) is 6.27. The van der Waals surface area contributed by atoms with Crippen molar-refractivity contribution >= 4 is 5.97 Å². The lowest BCUT2D eigenvalue weighted by Gasteiger charge is -2.12. The van der Waals surface area contributed by atoms with Crippen LogP contribution in [-0.2, 0) is 11.2 Å². The van der Waals surface area contributed by atoms with E-state index in [0.29, 0.717) is 12.1 Å². The number of carboxylic acids is 1. The zero-order chi connectivity index (χ0) is 13.8. The molecule has 1 heterocycles. The number of carbonyl (C=O) groups is 1. The molecule has 19 heavy (non-hydrogen) atoms. The molecular weight excluding hydrogens is 238 g/mol. The van der Waals surface area contributed by atoms with Crippen molar-refractivity contribution in [3.8, 4) is 0 Å². The highest BCUT2D eigenvalue weighted by Crippen LogP contribution is 2.20. The Morgan fingerprint density at radius 2 is 1.74 bits per heavy atom. The number of aromatic nitrogens is 1. The van der Waals surface area contributed by atoms with Gasteiger partial charge in [-0.15, -0.1) is 0 Å². The van der Waals surface area contributed by atoms with Gasteiger partial charge in [-0.05, 0) is 37.5 Å². The van der Waals surface area contributed by atoms with E-state index in [9.17, 15) is 9.90 Å². The maximum absolute atomic E-state index is 11.4. The highest BCUT2D eigenvalue weighted by Gasteiger charge is 2.21. The third kappa shape index (κ3) is 3.41. The third-order valence-corrected chi connectivity index (χ3v) is 3.15. The van der Waals surface area contributed by atoms with Gasteiger partial charge < -0.3 is 5.11 Å². The molecule has 0 aliphatic heterocycles. The number of rotatable bonds is 4. The van der Waals surface area contributed by atoms with Crippen LogP contribution < -0.4 is 0 Å². The second-order valence-electron chi connectivity index (χ2n) is 4.84. The van der Waals surface area contributed by atoms with Crippen molar-refractivity contribution in [2.75, 3.05) is 0 Å². The molecule has 1 atom stereocenters. The van der Waals surface area contributed by atoms with E-state index in [2.05, 4.69) is 4.98 Å². The maximum atomic E-state index is 11.4. The monoisotopic (exact) mass is 255 g/mol. The molecule has 98 valence electrons. The minimum absolute atomic E-state index is 0.464. The highest BCUT2D eigenvalue weighted by atomic mass is 16.4. The van der Waals surface area contributed by atoms with Gasteiger partial charge in [0.05, 0.1) is 5.69 Å². The normalized spacial score (nSPS) is 12.1. The molecule has 0 aliphatic carbocycles. The van der Waals surface area contributed by atoms with Crippen molar-refractivity contribution in [2.45, 2.75) is 26.2 Å². The lowest BCUT2D eigenvalue weighted by molar-refractivity contribution is -0.138. The van der Waals surface area contributed by atoms with E-state index in [1.807, 2.05) is 44.2 Å². The highest BCUT2D eigenvalue weighted by molar-refractivity contribution is 5.75. The largest absolute Gasteiger partial charge is 0.481 e. The number of nitrogens with zero attached hydrogens (tertiary/aromatic N) is 1. The Labute approximate surface area is 112 Å². The molecule has 0 saturated heterocycles. The Morgan fingerprint density at radius 3 is 2.26 bits per heavy atom. The molecule has 1 unspecified atom stereocenters. The van der Waals surface area contributed by atoms with E-state index >= 15 is 0 Å². The Hall–Kier alpha value is -2.16. The van der Waals surface area contributed by atoms with Crippen LogP contribution in [0.5, 0.6) is 0 Å². The topological polar surface area (TPSA) is 50.2 Å². The van der Waals surface area contributed by atoms with Gasteiger partial charge >= 0.3 is 5.97 Å². The van der Waals surface area contributed by atoms with E-state index in [1.54, 1.807) is 12.3 Å². The average molecular weight is 255 g/mol. The Bertz CT molecular complexity index is 558. The fraction of sp³-hybridized carbons (Fsp3) is 0.250. The van der Waals surface area contributed by atoms with Crippen LogP contribution in [0, 0.1) is 13.8 Å². The van der Waals surface area contributed by atoms with Gasteiger partial charge in [0.25, 0.3) is 0 Å². The van der Waals surface area contributed by atoms with Crippen molar-refractivity contribution in [3.63, 3.8) is 0 Å². The quantitative estimate of drug-likeness (QED) is 0.913. The smallest absolute Gasteiger partial charge is 0.312 e. The van der Waals surface area contributed by atoms with Crippen LogP contribution in [0.25, 0.3) is 0 Å². The first-order chi connectivity index (χ1) is 9.06. The molecule has 0 bridgehead atoms. The van der Waals surface area contributed by atoms with Crippen LogP contribution in [0.4, 0.5) is 0 Å². The molecule has 1 aromatic heterocycles. The second-order valence-corrected chi connectivity index (χ2v) is 4.84. The molecule has 1 aromatic carbocycles. The first kappa shape index (κ1) is 13.3. The Morgan fingerprint density at radius 1 is 1.11 bits per heavy atom. The number of hydrogen-bond donors (Lipinski definition) is 1. The lowest BCUT2D eigenvalue weighted by Crippen LogP contribution is -2.15. The molecule has 0 fully saturated rings. The molecular formula is C16H17NO2. The summed E-state index contributed by atoms with van der Waals surface area (Å²) in [6, 6.07) is 11.6. The van der Waals surface area contributed by atoms with Gasteiger partial charge in [-0.3, -0.25) is 9.78 Å². The first-order valence-corrected chi connectivity index (χ1v) is 6.27. The summed E-state index contributed by atoms with van der Waals surface area (Å²) in [5.41, 5.74) is 3.83. The minimum atomic E-state index is -0.836. The molecule has 0 amide bonds. The zero-order valence-corrected chi connectivity index (χ0v) is 11.1. The van der Waals surface area contributed by atoms with E-state index in [1.165, 1.54) is 5.56 Å². The van der Waals surface area contributed by atoms with Crippen molar-refractivity contribution in [1.29, 1.82) is 0 Å². The molecule has 3 heteroatoms. The molecule has 1 N–H and O–H groups in total. The number of carboxylic acid groups (broad SMARTS) is 1. The molecule has 2 rings (SSSR count). The standard InChI is InChI=1S/C16H17NO2/c1-11-3-6-13(7-4-11)9-14(16(18)19)15-8-5-12(2)10-17-15/h3-8,10,14H,9H2,1-2H3,(H,18,19). The number of hydrogen-bond acceptors (Lipinski definition) is 2. The van der Waals surface area contributed by atoms with Crippen LogP contribution in [0.2, 0.25) is 0 Å². The maximum Gasteiger partial charge on any atom is 0.312 e. The van der Waals surface area contributed by atoms with Gasteiger partial charge in [0.1, 0.15) is 5.92 Å². The lowest BCUT2D eigenvalue weighted by atomic mass is 9.95. The summed E-state index contributed by atoms with van der Waals surface area (Å²) in [6.07, 6.45) is 2.17. The Balaban J connectivity index is 2.23. The molecule has 0 saturated carbocycles. The van der Waals surface area contributed by atoms with Crippen molar-refractivity contribution < 1.29 is 9.90 Å². The van der Waals surface area contributed by atoms with Crippen molar-refractivity contribution in [2.24, 2.45) is 0 Å². The van der Waals surface area contributed by atoms with E-state index in [4.69, 9.17) is 0 Å². The third-order valence-electron chi connectivity index (χ3n) is 3.15. The molecule has 0 aliphatic rings. The summed E-state index contributed by atoms with van der Waals surface area (Å²) in [6.45, 7) is 3.95. The van der Waals surface area contributed by atoms with E-state index < -0.39 is 11.9 Å².